The van der Waals surface area contributed by atoms with E-state index < -0.39 is 18.1 Å². The van der Waals surface area contributed by atoms with Gasteiger partial charge in [-0.25, -0.2) is 9.59 Å². The minimum atomic E-state index is -0.752. The highest BCUT2D eigenvalue weighted by Gasteiger charge is 2.20. The summed E-state index contributed by atoms with van der Waals surface area (Å²) >= 11 is 0. The molecule has 3 aromatic carbocycles. The van der Waals surface area contributed by atoms with Gasteiger partial charge in [0.1, 0.15) is 30.0 Å². The largest absolute Gasteiger partial charge is 0.494 e. The van der Waals surface area contributed by atoms with Gasteiger partial charge in [-0.3, -0.25) is 10.7 Å². The maximum atomic E-state index is 12.0. The van der Waals surface area contributed by atoms with Crippen molar-refractivity contribution in [3.8, 4) is 11.5 Å². The molecule has 1 saturated heterocycles. The first-order chi connectivity index (χ1) is 24.2. The van der Waals surface area contributed by atoms with Crippen LogP contribution in [0.1, 0.15) is 62.6 Å². The Morgan fingerprint density at radius 2 is 1.49 bits per heavy atom. The van der Waals surface area contributed by atoms with Gasteiger partial charge >= 0.3 is 12.1 Å². The molecule has 0 bridgehead atoms. The Kier molecular flexibility index (Phi) is 17.2. The summed E-state index contributed by atoms with van der Waals surface area (Å²) in [6.07, 6.45) is 4.75. The Morgan fingerprint density at radius 3 is 2.10 bits per heavy atom. The summed E-state index contributed by atoms with van der Waals surface area (Å²) in [4.78, 5) is 31.3. The van der Waals surface area contributed by atoms with Crippen LogP contribution in [0.25, 0.3) is 0 Å². The van der Waals surface area contributed by atoms with Crippen LogP contribution in [0.5, 0.6) is 11.5 Å². The molecule has 1 aliphatic heterocycles. The molecular formula is C38H51ClN6O6. The third-order valence-electron chi connectivity index (χ3n) is 8.58. The van der Waals surface area contributed by atoms with E-state index in [1.165, 1.54) is 12.8 Å². The number of ether oxygens (including phenoxy) is 3. The molecule has 1 heterocycles. The lowest BCUT2D eigenvalue weighted by atomic mass is 9.92. The summed E-state index contributed by atoms with van der Waals surface area (Å²) in [5, 5.41) is 14.3. The van der Waals surface area contributed by atoms with Crippen LogP contribution in [0, 0.1) is 17.2 Å². The number of carbonyl (C=O) groups excluding carboxylic acids is 2. The van der Waals surface area contributed by atoms with Crippen molar-refractivity contribution in [2.45, 2.75) is 58.6 Å². The Bertz CT molecular complexity index is 1530. The average Bonchev–Trinajstić information content (AvgIpc) is 3.14. The van der Waals surface area contributed by atoms with Crippen molar-refractivity contribution in [2.75, 3.05) is 32.8 Å². The number of hydrogen-bond acceptors (Lipinski definition) is 10. The number of amidine groups is 2. The Hall–Kier alpha value is -4.65. The van der Waals surface area contributed by atoms with E-state index in [2.05, 4.69) is 15.4 Å². The Balaban J connectivity index is 0.00000702. The van der Waals surface area contributed by atoms with Crippen LogP contribution in [0.4, 0.5) is 4.79 Å². The number of carbonyl (C=O) groups is 2. The van der Waals surface area contributed by atoms with Crippen molar-refractivity contribution >= 4 is 36.1 Å². The van der Waals surface area contributed by atoms with Crippen LogP contribution in [0.15, 0.2) is 84.0 Å². The fourth-order valence-corrected chi connectivity index (χ4v) is 5.39. The molecule has 0 unspecified atom stereocenters. The second kappa shape index (κ2) is 21.5. The van der Waals surface area contributed by atoms with E-state index in [0.717, 1.165) is 56.0 Å². The molecule has 0 radical (unpaired) electrons. The number of oxime groups is 1. The minimum absolute atomic E-state index is 0. The van der Waals surface area contributed by atoms with Crippen molar-refractivity contribution in [3.05, 3.63) is 95.6 Å². The second-order valence-electron chi connectivity index (χ2n) is 12.7. The van der Waals surface area contributed by atoms with E-state index in [1.54, 1.807) is 24.3 Å². The minimum Gasteiger partial charge on any atom is -0.494 e. The van der Waals surface area contributed by atoms with Crippen molar-refractivity contribution in [3.63, 3.8) is 0 Å². The number of nitrogens with zero attached hydrogens (tertiary/aromatic N) is 2. The Morgan fingerprint density at radius 1 is 0.902 bits per heavy atom. The lowest BCUT2D eigenvalue weighted by molar-refractivity contribution is -0.146. The molecule has 1 fully saturated rings. The predicted octanol–water partition coefficient (Wildman–Crippen LogP) is 5.85. The smallest absolute Gasteiger partial charge is 0.413 e. The van der Waals surface area contributed by atoms with Gasteiger partial charge < -0.3 is 35.4 Å². The molecule has 0 aromatic heterocycles. The monoisotopic (exact) mass is 722 g/mol. The lowest BCUT2D eigenvalue weighted by Gasteiger charge is -2.32. The maximum Gasteiger partial charge on any atom is 0.413 e. The summed E-state index contributed by atoms with van der Waals surface area (Å²) < 4.78 is 17.0. The number of halogens is 1. The molecule has 1 aliphatic rings. The molecule has 6 N–H and O–H groups in total. The first-order valence-electron chi connectivity index (χ1n) is 17.2. The van der Waals surface area contributed by atoms with E-state index in [-0.39, 0.29) is 36.6 Å². The fourth-order valence-electron chi connectivity index (χ4n) is 5.39. The van der Waals surface area contributed by atoms with Gasteiger partial charge in [0.15, 0.2) is 5.84 Å². The first kappa shape index (κ1) is 40.8. The molecule has 1 atom stereocenters. The third kappa shape index (κ3) is 14.2. The summed E-state index contributed by atoms with van der Waals surface area (Å²) in [6.45, 7) is 8.24. The highest BCUT2D eigenvalue weighted by atomic mass is 35.5. The number of benzene rings is 3. The van der Waals surface area contributed by atoms with Crippen LogP contribution in [0.3, 0.4) is 0 Å². The normalized spacial score (nSPS) is 14.2. The standard InChI is InChI=1S/C38H50N6O6.ClH/c1-27(2)34(39)37(45)50-43-36(41)31-13-17-33(18-14-31)48-25-7-21-44-22-19-28(20-23-44)10-6-24-47-32-15-11-30(12-16-32)35(40)42-38(46)49-26-29-8-4-3-5-9-29;/h3-5,8-9,11-18,27-28,34H,6-7,10,19-26,39H2,1-2H3,(H2,41,43)(H2,40,42,46);1H/t34-;/m0./s1. The van der Waals surface area contributed by atoms with E-state index in [1.807, 2.05) is 68.4 Å². The van der Waals surface area contributed by atoms with Gasteiger partial charge in [-0.15, -0.1) is 12.4 Å². The third-order valence-corrected chi connectivity index (χ3v) is 8.58. The van der Waals surface area contributed by atoms with Crippen LogP contribution in [-0.4, -0.2) is 67.5 Å². The molecule has 0 saturated carbocycles. The molecule has 276 valence electrons. The summed E-state index contributed by atoms with van der Waals surface area (Å²) in [5.74, 6) is 1.58. The number of amides is 1. The second-order valence-corrected chi connectivity index (χ2v) is 12.7. The van der Waals surface area contributed by atoms with Gasteiger partial charge in [0, 0.05) is 17.7 Å². The first-order valence-corrected chi connectivity index (χ1v) is 17.2. The summed E-state index contributed by atoms with van der Waals surface area (Å²) in [7, 11) is 0. The average molecular weight is 723 g/mol. The number of nitrogens with one attached hydrogen (secondary N) is 2. The van der Waals surface area contributed by atoms with Gasteiger partial charge in [0.2, 0.25) is 0 Å². The zero-order valence-corrected chi connectivity index (χ0v) is 30.2. The molecule has 3 aromatic rings. The van der Waals surface area contributed by atoms with Crippen LogP contribution in [0.2, 0.25) is 0 Å². The lowest BCUT2D eigenvalue weighted by Crippen LogP contribution is -2.36. The van der Waals surface area contributed by atoms with E-state index in [4.69, 9.17) is 35.9 Å². The summed E-state index contributed by atoms with van der Waals surface area (Å²) in [5.41, 5.74) is 13.8. The van der Waals surface area contributed by atoms with Crippen molar-refractivity contribution in [1.82, 2.24) is 10.2 Å². The molecule has 51 heavy (non-hydrogen) atoms. The van der Waals surface area contributed by atoms with Crippen LogP contribution < -0.4 is 26.3 Å². The van der Waals surface area contributed by atoms with Gasteiger partial charge in [0.05, 0.1) is 13.2 Å². The molecular weight excluding hydrogens is 672 g/mol. The molecule has 13 heteroatoms. The number of piperidine rings is 1. The highest BCUT2D eigenvalue weighted by Crippen LogP contribution is 2.23. The molecule has 0 spiro atoms. The number of alkyl carbamates (subject to hydrolysis) is 1. The number of likely N-dealkylation sites (tertiary alicyclic amines) is 1. The molecule has 4 rings (SSSR count). The van der Waals surface area contributed by atoms with E-state index >= 15 is 0 Å². The summed E-state index contributed by atoms with van der Waals surface area (Å²) in [6, 6.07) is 23.0. The zero-order valence-electron chi connectivity index (χ0n) is 29.4. The van der Waals surface area contributed by atoms with Gasteiger partial charge in [-0.2, -0.15) is 0 Å². The zero-order chi connectivity index (χ0) is 35.7. The SMILES string of the molecule is CC(C)[C@H](N)C(=O)ON=C(N)c1ccc(OCCCN2CCC(CCCOc3ccc(C(=N)NC(=O)OCc4ccccc4)cc3)CC2)cc1.Cl. The van der Waals surface area contributed by atoms with Crippen LogP contribution in [-0.2, 0) is 21.0 Å². The molecule has 0 aliphatic carbocycles. The number of nitrogens with two attached hydrogens (primary N) is 2. The highest BCUT2D eigenvalue weighted by molar-refractivity contribution is 6.04. The van der Waals surface area contributed by atoms with Crippen LogP contribution >= 0.6 is 12.4 Å². The van der Waals surface area contributed by atoms with E-state index in [9.17, 15) is 9.59 Å². The van der Waals surface area contributed by atoms with Crippen molar-refractivity contribution in [1.29, 1.82) is 5.41 Å². The predicted molar refractivity (Wildman–Crippen MR) is 200 cm³/mol. The molecule has 1 amide bonds. The quantitative estimate of drug-likeness (QED) is 0.0438. The topological polar surface area (TPSA) is 175 Å². The van der Waals surface area contributed by atoms with Gasteiger partial charge in [0.25, 0.3) is 0 Å². The van der Waals surface area contributed by atoms with Crippen molar-refractivity contribution < 1.29 is 28.6 Å². The van der Waals surface area contributed by atoms with Gasteiger partial charge in [-0.1, -0.05) is 49.3 Å². The van der Waals surface area contributed by atoms with Gasteiger partial charge in [-0.05, 0) is 111 Å². The Labute approximate surface area is 306 Å². The fraction of sp³-hybridized carbons (Fsp3) is 0.421. The number of hydrogen-bond donors (Lipinski definition) is 4. The van der Waals surface area contributed by atoms with Crippen molar-refractivity contribution in [2.24, 2.45) is 28.5 Å². The number of rotatable bonds is 17. The molecule has 12 nitrogen and oxygen atoms in total. The maximum absolute atomic E-state index is 12.0. The van der Waals surface area contributed by atoms with E-state index in [0.29, 0.717) is 30.3 Å².